The van der Waals surface area contributed by atoms with Crippen LogP contribution in [-0.2, 0) is 11.3 Å². The summed E-state index contributed by atoms with van der Waals surface area (Å²) in [6.45, 7) is 3.07. The predicted molar refractivity (Wildman–Crippen MR) is 106 cm³/mol. The third-order valence-electron chi connectivity index (χ3n) is 6.62. The van der Waals surface area contributed by atoms with E-state index < -0.39 is 0 Å². The highest BCUT2D eigenvalue weighted by Gasteiger charge is 2.57. The molecule has 1 aromatic heterocycles. The van der Waals surface area contributed by atoms with Crippen molar-refractivity contribution in [2.75, 3.05) is 13.1 Å². The van der Waals surface area contributed by atoms with Crippen LogP contribution in [0.2, 0.25) is 0 Å². The number of amides is 1. The molecule has 1 N–H and O–H groups in total. The quantitative estimate of drug-likeness (QED) is 0.779. The number of hydrogen-bond acceptors (Lipinski definition) is 3. The molecule has 0 aromatic carbocycles. The first kappa shape index (κ1) is 19.2. The maximum Gasteiger partial charge on any atom is 0.223 e. The predicted octanol–water partition coefficient (Wildman–Crippen LogP) is 4.61. The summed E-state index contributed by atoms with van der Waals surface area (Å²) in [7, 11) is 0. The minimum absolute atomic E-state index is 0. The van der Waals surface area contributed by atoms with Gasteiger partial charge in [0.15, 0.2) is 0 Å². The second kappa shape index (κ2) is 8.41. The second-order valence-electron chi connectivity index (χ2n) is 8.17. The van der Waals surface area contributed by atoms with Crippen LogP contribution in [0.1, 0.15) is 63.4 Å². The maximum atomic E-state index is 13.0. The molecule has 2 heterocycles. The van der Waals surface area contributed by atoms with Crippen molar-refractivity contribution in [3.8, 4) is 0 Å². The first-order chi connectivity index (χ1) is 11.8. The van der Waals surface area contributed by atoms with Crippen LogP contribution < -0.4 is 5.32 Å². The Kier molecular flexibility index (Phi) is 6.45. The van der Waals surface area contributed by atoms with E-state index in [1.807, 2.05) is 0 Å². The van der Waals surface area contributed by atoms with Gasteiger partial charge in [0.1, 0.15) is 0 Å². The van der Waals surface area contributed by atoms with Gasteiger partial charge in [-0.1, -0.05) is 25.7 Å². The molecule has 3 fully saturated rings. The standard InChI is InChI=1S/C20H30N2OS.ClH/c23-19(6-5-16-3-1-2-4-16)22(14-17-7-12-24-15-17)18-13-20(18)8-10-21-11-9-20;/h7,12,15-16,18,21H,1-6,8-11,13-14H2;1H. The molecule has 1 spiro atoms. The van der Waals surface area contributed by atoms with E-state index in [-0.39, 0.29) is 12.4 Å². The van der Waals surface area contributed by atoms with Crippen LogP contribution in [-0.4, -0.2) is 29.9 Å². The molecular formula is C20H31ClN2OS. The lowest BCUT2D eigenvalue weighted by Gasteiger charge is -2.30. The molecular weight excluding hydrogens is 352 g/mol. The molecule has 1 aromatic rings. The molecule has 3 aliphatic rings. The fourth-order valence-corrected chi connectivity index (χ4v) is 5.61. The van der Waals surface area contributed by atoms with E-state index in [1.165, 1.54) is 50.5 Å². The minimum atomic E-state index is 0. The number of carbonyl (C=O) groups excluding carboxylic acids is 1. The number of halogens is 1. The van der Waals surface area contributed by atoms with E-state index in [2.05, 4.69) is 27.0 Å². The first-order valence-corrected chi connectivity index (χ1v) is 10.7. The third-order valence-corrected chi connectivity index (χ3v) is 7.35. The Balaban J connectivity index is 0.00000182. The summed E-state index contributed by atoms with van der Waals surface area (Å²) in [5.74, 6) is 1.22. The fourth-order valence-electron chi connectivity index (χ4n) is 4.95. The molecule has 5 heteroatoms. The van der Waals surface area contributed by atoms with Gasteiger partial charge in [0.25, 0.3) is 0 Å². The Morgan fingerprint density at radius 1 is 1.28 bits per heavy atom. The molecule has 0 radical (unpaired) electrons. The van der Waals surface area contributed by atoms with Crippen LogP contribution in [0.3, 0.4) is 0 Å². The summed E-state index contributed by atoms with van der Waals surface area (Å²) in [6, 6.07) is 2.68. The average molecular weight is 383 g/mol. The number of nitrogens with zero attached hydrogens (tertiary/aromatic N) is 1. The van der Waals surface area contributed by atoms with Crippen molar-refractivity contribution < 1.29 is 4.79 Å². The largest absolute Gasteiger partial charge is 0.335 e. The van der Waals surface area contributed by atoms with Crippen molar-refractivity contribution in [3.63, 3.8) is 0 Å². The van der Waals surface area contributed by atoms with Crippen molar-refractivity contribution in [1.29, 1.82) is 0 Å². The van der Waals surface area contributed by atoms with E-state index in [4.69, 9.17) is 0 Å². The topological polar surface area (TPSA) is 32.3 Å². The fraction of sp³-hybridized carbons (Fsp3) is 0.750. The van der Waals surface area contributed by atoms with Crippen LogP contribution in [0.15, 0.2) is 16.8 Å². The number of carbonyl (C=O) groups is 1. The second-order valence-corrected chi connectivity index (χ2v) is 8.95. The van der Waals surface area contributed by atoms with Crippen LogP contribution in [0.25, 0.3) is 0 Å². The summed E-state index contributed by atoms with van der Waals surface area (Å²) in [5, 5.41) is 7.81. The van der Waals surface area contributed by atoms with Crippen molar-refractivity contribution >= 4 is 29.7 Å². The average Bonchev–Trinajstić information content (AvgIpc) is 3.06. The molecule has 1 aliphatic heterocycles. The van der Waals surface area contributed by atoms with Crippen LogP contribution in [0.4, 0.5) is 0 Å². The number of rotatable bonds is 6. The van der Waals surface area contributed by atoms with Gasteiger partial charge in [-0.05, 0) is 72.5 Å². The summed E-state index contributed by atoms with van der Waals surface area (Å²) < 4.78 is 0. The number of nitrogens with one attached hydrogen (secondary N) is 1. The highest BCUT2D eigenvalue weighted by Crippen LogP contribution is 2.56. The molecule has 1 unspecified atom stereocenters. The molecule has 3 nitrogen and oxygen atoms in total. The van der Waals surface area contributed by atoms with E-state index in [0.717, 1.165) is 38.4 Å². The number of piperidine rings is 1. The zero-order valence-electron chi connectivity index (χ0n) is 15.0. The van der Waals surface area contributed by atoms with Gasteiger partial charge in [-0.25, -0.2) is 0 Å². The number of hydrogen-bond donors (Lipinski definition) is 1. The summed E-state index contributed by atoms with van der Waals surface area (Å²) in [4.78, 5) is 15.3. The van der Waals surface area contributed by atoms with Gasteiger partial charge in [-0.2, -0.15) is 11.3 Å². The lowest BCUT2D eigenvalue weighted by atomic mass is 9.93. The normalized spacial score (nSPS) is 24.9. The van der Waals surface area contributed by atoms with Gasteiger partial charge < -0.3 is 10.2 Å². The van der Waals surface area contributed by atoms with Crippen molar-refractivity contribution in [2.24, 2.45) is 11.3 Å². The van der Waals surface area contributed by atoms with E-state index in [9.17, 15) is 4.79 Å². The SMILES string of the molecule is Cl.O=C(CCC1CCCC1)N(Cc1ccsc1)C1CC12CCNCC2. The van der Waals surface area contributed by atoms with Gasteiger partial charge in [0.05, 0.1) is 0 Å². The molecule has 25 heavy (non-hydrogen) atoms. The number of thiophene rings is 1. The highest BCUT2D eigenvalue weighted by molar-refractivity contribution is 7.07. The zero-order valence-corrected chi connectivity index (χ0v) is 16.7. The molecule has 1 atom stereocenters. The Labute approximate surface area is 162 Å². The Morgan fingerprint density at radius 3 is 2.72 bits per heavy atom. The smallest absolute Gasteiger partial charge is 0.223 e. The first-order valence-electron chi connectivity index (χ1n) is 9.78. The highest BCUT2D eigenvalue weighted by atomic mass is 35.5. The molecule has 4 rings (SSSR count). The van der Waals surface area contributed by atoms with Crippen LogP contribution in [0, 0.1) is 11.3 Å². The Morgan fingerprint density at radius 2 is 2.04 bits per heavy atom. The third kappa shape index (κ3) is 4.40. The molecule has 2 saturated carbocycles. The molecule has 0 bridgehead atoms. The van der Waals surface area contributed by atoms with E-state index >= 15 is 0 Å². The lowest BCUT2D eigenvalue weighted by Crippen LogP contribution is -2.39. The Bertz CT molecular complexity index is 550. The molecule has 1 saturated heterocycles. The van der Waals surface area contributed by atoms with Gasteiger partial charge in [-0.15, -0.1) is 12.4 Å². The van der Waals surface area contributed by atoms with Crippen molar-refractivity contribution in [1.82, 2.24) is 10.2 Å². The van der Waals surface area contributed by atoms with Gasteiger partial charge in [0.2, 0.25) is 5.91 Å². The summed E-state index contributed by atoms with van der Waals surface area (Å²) in [6.07, 6.45) is 11.0. The van der Waals surface area contributed by atoms with E-state index in [1.54, 1.807) is 11.3 Å². The van der Waals surface area contributed by atoms with Gasteiger partial charge in [0, 0.05) is 19.0 Å². The van der Waals surface area contributed by atoms with Gasteiger partial charge >= 0.3 is 0 Å². The van der Waals surface area contributed by atoms with Crippen molar-refractivity contribution in [3.05, 3.63) is 22.4 Å². The lowest BCUT2D eigenvalue weighted by molar-refractivity contribution is -0.133. The molecule has 1 amide bonds. The van der Waals surface area contributed by atoms with Gasteiger partial charge in [-0.3, -0.25) is 4.79 Å². The Hall–Kier alpha value is -0.580. The summed E-state index contributed by atoms with van der Waals surface area (Å²) >= 11 is 1.74. The van der Waals surface area contributed by atoms with Crippen molar-refractivity contribution in [2.45, 2.75) is 70.4 Å². The maximum absolute atomic E-state index is 13.0. The van der Waals surface area contributed by atoms with Crippen LogP contribution >= 0.6 is 23.7 Å². The minimum Gasteiger partial charge on any atom is -0.335 e. The van der Waals surface area contributed by atoms with Crippen LogP contribution in [0.5, 0.6) is 0 Å². The molecule has 140 valence electrons. The summed E-state index contributed by atoms with van der Waals surface area (Å²) in [5.41, 5.74) is 1.75. The monoisotopic (exact) mass is 382 g/mol. The van der Waals surface area contributed by atoms with E-state index in [0.29, 0.717) is 17.4 Å². The molecule has 2 aliphatic carbocycles. The zero-order chi connectivity index (χ0) is 16.4.